The molecular weight excluding hydrogens is 264 g/mol. The molecule has 2 atom stereocenters. The molecular formula is C17H16N2O2. The van der Waals surface area contributed by atoms with Gasteiger partial charge in [0.15, 0.2) is 0 Å². The van der Waals surface area contributed by atoms with Crippen molar-refractivity contribution < 1.29 is 9.53 Å². The van der Waals surface area contributed by atoms with Crippen LogP contribution < -0.4 is 4.90 Å². The van der Waals surface area contributed by atoms with Gasteiger partial charge in [-0.2, -0.15) is 0 Å². The Kier molecular flexibility index (Phi) is 2.26. The van der Waals surface area contributed by atoms with E-state index >= 15 is 0 Å². The molecule has 21 heavy (non-hydrogen) atoms. The molecule has 0 unspecified atom stereocenters. The highest BCUT2D eigenvalue weighted by atomic mass is 16.5. The number of amides is 1. The summed E-state index contributed by atoms with van der Waals surface area (Å²) in [5.74, 6) is 0.130. The summed E-state index contributed by atoms with van der Waals surface area (Å²) in [5, 5.41) is 2.25. The summed E-state index contributed by atoms with van der Waals surface area (Å²) < 4.78 is 5.65. The molecule has 2 fully saturated rings. The van der Waals surface area contributed by atoms with Gasteiger partial charge in [0.1, 0.15) is 0 Å². The third kappa shape index (κ3) is 1.54. The number of rotatable bonds is 2. The van der Waals surface area contributed by atoms with Gasteiger partial charge in [0.2, 0.25) is 0 Å². The normalized spacial score (nSPS) is 27.2. The zero-order valence-corrected chi connectivity index (χ0v) is 11.7. The summed E-state index contributed by atoms with van der Waals surface area (Å²) in [4.78, 5) is 17.1. The predicted octanol–water partition coefficient (Wildman–Crippen LogP) is 2.23. The van der Waals surface area contributed by atoms with Crippen LogP contribution in [0.4, 0.5) is 5.69 Å². The second-order valence-corrected chi connectivity index (χ2v) is 6.17. The predicted molar refractivity (Wildman–Crippen MR) is 80.5 cm³/mol. The standard InChI is InChI=1S/C17H16N2O2/c20-17-14-5-1-3-11-4-2-6-15(16(11)14)19(17)10-18-8-13-7-12(18)9-21-13/h1-6,12-13H,7-10H2/t12-,13-/m0/s1. The topological polar surface area (TPSA) is 32.8 Å². The Labute approximate surface area is 122 Å². The molecule has 3 aliphatic heterocycles. The number of nitrogens with zero attached hydrogens (tertiary/aromatic N) is 2. The summed E-state index contributed by atoms with van der Waals surface area (Å²) >= 11 is 0. The van der Waals surface area contributed by atoms with Crippen molar-refractivity contribution in [2.75, 3.05) is 24.7 Å². The number of benzene rings is 2. The van der Waals surface area contributed by atoms with Crippen molar-refractivity contribution in [3.05, 3.63) is 42.0 Å². The highest BCUT2D eigenvalue weighted by Crippen LogP contribution is 2.38. The summed E-state index contributed by atoms with van der Waals surface area (Å²) in [7, 11) is 0. The second kappa shape index (κ2) is 4.06. The molecule has 0 spiro atoms. The molecule has 0 saturated carbocycles. The summed E-state index contributed by atoms with van der Waals surface area (Å²) in [6, 6.07) is 12.6. The van der Waals surface area contributed by atoms with E-state index in [1.54, 1.807) is 0 Å². The van der Waals surface area contributed by atoms with Gasteiger partial charge in [-0.05, 0) is 23.9 Å². The second-order valence-electron chi connectivity index (χ2n) is 6.17. The Bertz CT molecular complexity index is 752. The lowest BCUT2D eigenvalue weighted by Gasteiger charge is -2.31. The highest BCUT2D eigenvalue weighted by Gasteiger charge is 2.41. The van der Waals surface area contributed by atoms with Crippen molar-refractivity contribution in [1.82, 2.24) is 4.90 Å². The van der Waals surface area contributed by atoms with Gasteiger partial charge in [-0.1, -0.05) is 24.3 Å². The van der Waals surface area contributed by atoms with E-state index in [0.717, 1.165) is 41.6 Å². The van der Waals surface area contributed by atoms with Gasteiger partial charge in [-0.15, -0.1) is 0 Å². The SMILES string of the molecule is O=C1c2cccc3cccc(c23)N1CN1C[C@@H]2C[C@H]1CO2. The maximum absolute atomic E-state index is 12.7. The molecule has 0 aliphatic carbocycles. The lowest BCUT2D eigenvalue weighted by Crippen LogP contribution is -2.45. The van der Waals surface area contributed by atoms with E-state index in [2.05, 4.69) is 23.1 Å². The van der Waals surface area contributed by atoms with Crippen LogP contribution in [0.15, 0.2) is 36.4 Å². The molecule has 2 aromatic rings. The Morgan fingerprint density at radius 2 is 2.05 bits per heavy atom. The van der Waals surface area contributed by atoms with Crippen LogP contribution in [0.2, 0.25) is 0 Å². The van der Waals surface area contributed by atoms with Gasteiger partial charge in [0.05, 0.1) is 25.1 Å². The van der Waals surface area contributed by atoms with Crippen molar-refractivity contribution in [1.29, 1.82) is 0 Å². The molecule has 3 heterocycles. The molecule has 0 aromatic heterocycles. The number of fused-ring (bicyclic) bond motifs is 2. The monoisotopic (exact) mass is 280 g/mol. The van der Waals surface area contributed by atoms with Crippen molar-refractivity contribution in [2.45, 2.75) is 18.6 Å². The number of hydrogen-bond acceptors (Lipinski definition) is 3. The van der Waals surface area contributed by atoms with Crippen LogP contribution in [0.5, 0.6) is 0 Å². The number of ether oxygens (including phenoxy) is 1. The Hall–Kier alpha value is -1.91. The maximum Gasteiger partial charge on any atom is 0.260 e. The Balaban J connectivity index is 1.55. The number of carbonyl (C=O) groups excluding carboxylic acids is 1. The summed E-state index contributed by atoms with van der Waals surface area (Å²) in [6.45, 7) is 2.43. The van der Waals surface area contributed by atoms with Crippen molar-refractivity contribution in [3.63, 3.8) is 0 Å². The van der Waals surface area contributed by atoms with E-state index in [0.29, 0.717) is 18.8 Å². The van der Waals surface area contributed by atoms with Gasteiger partial charge >= 0.3 is 0 Å². The van der Waals surface area contributed by atoms with E-state index < -0.39 is 0 Å². The first kappa shape index (κ1) is 11.7. The molecule has 4 heteroatoms. The number of hydrogen-bond donors (Lipinski definition) is 0. The van der Waals surface area contributed by atoms with E-state index in [9.17, 15) is 4.79 Å². The molecule has 106 valence electrons. The average molecular weight is 280 g/mol. The molecule has 5 rings (SSSR count). The van der Waals surface area contributed by atoms with E-state index in [4.69, 9.17) is 4.74 Å². The fourth-order valence-electron chi connectivity index (χ4n) is 3.95. The molecule has 0 radical (unpaired) electrons. The van der Waals surface area contributed by atoms with E-state index in [1.807, 2.05) is 23.1 Å². The lowest BCUT2D eigenvalue weighted by molar-refractivity contribution is 0.0305. The van der Waals surface area contributed by atoms with Crippen molar-refractivity contribution in [2.24, 2.45) is 0 Å². The Morgan fingerprint density at radius 3 is 2.81 bits per heavy atom. The Morgan fingerprint density at radius 1 is 1.19 bits per heavy atom. The van der Waals surface area contributed by atoms with Crippen molar-refractivity contribution in [3.8, 4) is 0 Å². The smallest absolute Gasteiger partial charge is 0.260 e. The average Bonchev–Trinajstić information content (AvgIpc) is 3.19. The minimum absolute atomic E-state index is 0.130. The van der Waals surface area contributed by atoms with Crippen LogP contribution in [0.25, 0.3) is 10.8 Å². The van der Waals surface area contributed by atoms with Gasteiger partial charge in [-0.25, -0.2) is 0 Å². The largest absolute Gasteiger partial charge is 0.375 e. The number of anilines is 1. The third-order valence-electron chi connectivity index (χ3n) is 4.99. The molecule has 2 bridgehead atoms. The number of morpholine rings is 1. The molecule has 2 saturated heterocycles. The third-order valence-corrected chi connectivity index (χ3v) is 4.99. The minimum Gasteiger partial charge on any atom is -0.375 e. The van der Waals surface area contributed by atoms with Crippen LogP contribution in [0, 0.1) is 0 Å². The first-order valence-corrected chi connectivity index (χ1v) is 7.50. The zero-order chi connectivity index (χ0) is 14.0. The minimum atomic E-state index is 0.130. The fraction of sp³-hybridized carbons (Fsp3) is 0.353. The van der Waals surface area contributed by atoms with E-state index in [-0.39, 0.29) is 5.91 Å². The molecule has 0 N–H and O–H groups in total. The first-order valence-electron chi connectivity index (χ1n) is 7.50. The molecule has 3 aliphatic rings. The molecule has 2 aromatic carbocycles. The van der Waals surface area contributed by atoms with Gasteiger partial charge in [0.25, 0.3) is 5.91 Å². The van der Waals surface area contributed by atoms with Crippen LogP contribution in [0.3, 0.4) is 0 Å². The highest BCUT2D eigenvalue weighted by molar-refractivity contribution is 6.24. The quantitative estimate of drug-likeness (QED) is 0.845. The first-order chi connectivity index (χ1) is 10.3. The maximum atomic E-state index is 12.7. The molecule has 4 nitrogen and oxygen atoms in total. The summed E-state index contributed by atoms with van der Waals surface area (Å²) in [6.07, 6.45) is 1.48. The van der Waals surface area contributed by atoms with Crippen LogP contribution >= 0.6 is 0 Å². The number of carbonyl (C=O) groups is 1. The van der Waals surface area contributed by atoms with Gasteiger partial charge < -0.3 is 4.74 Å². The molecule has 1 amide bonds. The van der Waals surface area contributed by atoms with Gasteiger partial charge in [0, 0.05) is 23.5 Å². The van der Waals surface area contributed by atoms with Gasteiger partial charge in [-0.3, -0.25) is 14.6 Å². The van der Waals surface area contributed by atoms with Crippen LogP contribution in [0.1, 0.15) is 16.8 Å². The zero-order valence-electron chi connectivity index (χ0n) is 11.7. The van der Waals surface area contributed by atoms with Crippen LogP contribution in [-0.2, 0) is 4.74 Å². The van der Waals surface area contributed by atoms with Crippen LogP contribution in [-0.4, -0.2) is 42.8 Å². The van der Waals surface area contributed by atoms with E-state index in [1.165, 1.54) is 0 Å². The number of likely N-dealkylation sites (tertiary alicyclic amines) is 1. The lowest BCUT2D eigenvalue weighted by atomic mass is 10.1. The fourth-order valence-corrected chi connectivity index (χ4v) is 3.95. The summed E-state index contributed by atoms with van der Waals surface area (Å²) in [5.41, 5.74) is 1.89. The van der Waals surface area contributed by atoms with Crippen molar-refractivity contribution >= 4 is 22.4 Å².